The molecular formula is C15H15N3O. The normalized spacial score (nSPS) is 10.7. The number of furan rings is 1. The van der Waals surface area contributed by atoms with Crippen LogP contribution in [0.2, 0.25) is 0 Å². The predicted octanol–water partition coefficient (Wildman–Crippen LogP) is 3.06. The molecule has 4 heteroatoms. The van der Waals surface area contributed by atoms with Gasteiger partial charge in [-0.25, -0.2) is 0 Å². The lowest BCUT2D eigenvalue weighted by atomic mass is 10.1. The quantitative estimate of drug-likeness (QED) is 0.701. The molecule has 3 N–H and O–H groups in total. The third kappa shape index (κ3) is 2.38. The van der Waals surface area contributed by atoms with Gasteiger partial charge in [-0.05, 0) is 24.3 Å². The summed E-state index contributed by atoms with van der Waals surface area (Å²) in [5.41, 5.74) is 8.51. The van der Waals surface area contributed by atoms with Crippen molar-refractivity contribution < 1.29 is 4.42 Å². The highest BCUT2D eigenvalue weighted by atomic mass is 16.3. The molecule has 0 atom stereocenters. The lowest BCUT2D eigenvalue weighted by Crippen LogP contribution is -2.05. The summed E-state index contributed by atoms with van der Waals surface area (Å²) in [5.74, 6) is 0.977. The van der Waals surface area contributed by atoms with E-state index in [1.54, 1.807) is 12.5 Å². The lowest BCUT2D eigenvalue weighted by molar-refractivity contribution is 0.513. The fraction of sp³-hybridized carbons (Fsp3) is 0.133. The fourth-order valence-electron chi connectivity index (χ4n) is 2.13. The van der Waals surface area contributed by atoms with Crippen LogP contribution in [0.25, 0.3) is 10.9 Å². The molecule has 0 saturated carbocycles. The third-order valence-corrected chi connectivity index (χ3v) is 3.07. The standard InChI is InChI=1S/C15H15N3O/c16-13-5-1-4-12-14(7-9-18-15(12)13)17-8-6-11-3-2-10-19-11/h1-5,7,9-10H,6,8,16H2,(H,17,18). The van der Waals surface area contributed by atoms with Crippen molar-refractivity contribution >= 4 is 22.3 Å². The Morgan fingerprint density at radius 3 is 2.95 bits per heavy atom. The van der Waals surface area contributed by atoms with Gasteiger partial charge in [0.1, 0.15) is 5.76 Å². The Balaban J connectivity index is 1.79. The molecule has 0 aliphatic carbocycles. The molecular weight excluding hydrogens is 238 g/mol. The number of anilines is 2. The van der Waals surface area contributed by atoms with E-state index < -0.39 is 0 Å². The van der Waals surface area contributed by atoms with Crippen LogP contribution in [0, 0.1) is 0 Å². The van der Waals surface area contributed by atoms with Crippen LogP contribution in [-0.4, -0.2) is 11.5 Å². The molecule has 0 amide bonds. The van der Waals surface area contributed by atoms with Crippen LogP contribution in [0.5, 0.6) is 0 Å². The molecule has 3 rings (SSSR count). The Labute approximate surface area is 111 Å². The topological polar surface area (TPSA) is 64.1 Å². The van der Waals surface area contributed by atoms with E-state index in [0.29, 0.717) is 5.69 Å². The van der Waals surface area contributed by atoms with Crippen molar-refractivity contribution in [3.8, 4) is 0 Å². The minimum atomic E-state index is 0.701. The number of nitrogens with zero attached hydrogens (tertiary/aromatic N) is 1. The number of nitrogens with one attached hydrogen (secondary N) is 1. The summed E-state index contributed by atoms with van der Waals surface area (Å²) >= 11 is 0. The van der Waals surface area contributed by atoms with Crippen molar-refractivity contribution in [1.82, 2.24) is 4.98 Å². The maximum absolute atomic E-state index is 5.93. The number of hydrogen-bond acceptors (Lipinski definition) is 4. The first-order valence-corrected chi connectivity index (χ1v) is 6.24. The molecule has 96 valence electrons. The molecule has 0 aliphatic rings. The first-order chi connectivity index (χ1) is 9.34. The summed E-state index contributed by atoms with van der Waals surface area (Å²) < 4.78 is 5.31. The maximum atomic E-state index is 5.93. The van der Waals surface area contributed by atoms with E-state index in [4.69, 9.17) is 10.2 Å². The van der Waals surface area contributed by atoms with Crippen LogP contribution in [0.1, 0.15) is 5.76 Å². The van der Waals surface area contributed by atoms with Gasteiger partial charge in [-0.3, -0.25) is 4.98 Å². The Morgan fingerprint density at radius 2 is 2.11 bits per heavy atom. The van der Waals surface area contributed by atoms with Gasteiger partial charge in [0.15, 0.2) is 0 Å². The second kappa shape index (κ2) is 5.02. The molecule has 2 aromatic heterocycles. The largest absolute Gasteiger partial charge is 0.469 e. The van der Waals surface area contributed by atoms with E-state index in [2.05, 4.69) is 10.3 Å². The molecule has 0 aliphatic heterocycles. The Morgan fingerprint density at radius 1 is 1.16 bits per heavy atom. The number of nitrogen functional groups attached to an aromatic ring is 1. The van der Waals surface area contributed by atoms with Crippen molar-refractivity contribution in [2.45, 2.75) is 6.42 Å². The zero-order valence-corrected chi connectivity index (χ0v) is 10.5. The molecule has 3 aromatic rings. The number of para-hydroxylation sites is 1. The summed E-state index contributed by atoms with van der Waals surface area (Å²) in [4.78, 5) is 4.32. The minimum Gasteiger partial charge on any atom is -0.469 e. The Bertz CT molecular complexity index is 677. The van der Waals surface area contributed by atoms with Crippen LogP contribution >= 0.6 is 0 Å². The molecule has 19 heavy (non-hydrogen) atoms. The van der Waals surface area contributed by atoms with Crippen molar-refractivity contribution in [2.75, 3.05) is 17.6 Å². The van der Waals surface area contributed by atoms with Crippen molar-refractivity contribution in [3.63, 3.8) is 0 Å². The van der Waals surface area contributed by atoms with E-state index in [0.717, 1.165) is 35.3 Å². The molecule has 2 heterocycles. The number of benzene rings is 1. The highest BCUT2D eigenvalue weighted by molar-refractivity contribution is 5.97. The van der Waals surface area contributed by atoms with Crippen LogP contribution in [0.15, 0.2) is 53.3 Å². The minimum absolute atomic E-state index is 0.701. The summed E-state index contributed by atoms with van der Waals surface area (Å²) in [6, 6.07) is 11.7. The molecule has 0 spiro atoms. The molecule has 4 nitrogen and oxygen atoms in total. The number of rotatable bonds is 4. The summed E-state index contributed by atoms with van der Waals surface area (Å²) in [7, 11) is 0. The van der Waals surface area contributed by atoms with Gasteiger partial charge in [-0.15, -0.1) is 0 Å². The molecule has 0 bridgehead atoms. The van der Waals surface area contributed by atoms with E-state index >= 15 is 0 Å². The average molecular weight is 253 g/mol. The average Bonchev–Trinajstić information content (AvgIpc) is 2.93. The molecule has 0 saturated heterocycles. The molecule has 1 aromatic carbocycles. The SMILES string of the molecule is Nc1cccc2c(NCCc3ccco3)ccnc12. The summed E-state index contributed by atoms with van der Waals surface area (Å²) in [6.45, 7) is 0.807. The molecule has 0 fully saturated rings. The number of nitrogens with two attached hydrogens (primary N) is 1. The zero-order valence-electron chi connectivity index (χ0n) is 10.5. The number of hydrogen-bond donors (Lipinski definition) is 2. The van der Waals surface area contributed by atoms with Crippen LogP contribution in [0.4, 0.5) is 11.4 Å². The first kappa shape index (κ1) is 11.6. The maximum Gasteiger partial charge on any atom is 0.105 e. The zero-order chi connectivity index (χ0) is 13.1. The fourth-order valence-corrected chi connectivity index (χ4v) is 2.13. The Kier molecular flexibility index (Phi) is 3.06. The number of aromatic nitrogens is 1. The van der Waals surface area contributed by atoms with Crippen LogP contribution < -0.4 is 11.1 Å². The first-order valence-electron chi connectivity index (χ1n) is 6.24. The second-order valence-corrected chi connectivity index (χ2v) is 4.36. The predicted molar refractivity (Wildman–Crippen MR) is 77.1 cm³/mol. The highest BCUT2D eigenvalue weighted by Gasteiger charge is 2.04. The van der Waals surface area contributed by atoms with Crippen molar-refractivity contribution in [3.05, 3.63) is 54.6 Å². The summed E-state index contributed by atoms with van der Waals surface area (Å²) in [6.07, 6.45) is 4.31. The van der Waals surface area contributed by atoms with Gasteiger partial charge < -0.3 is 15.5 Å². The smallest absolute Gasteiger partial charge is 0.105 e. The molecule has 0 unspecified atom stereocenters. The third-order valence-electron chi connectivity index (χ3n) is 3.07. The van der Waals surface area contributed by atoms with E-state index in [-0.39, 0.29) is 0 Å². The van der Waals surface area contributed by atoms with Gasteiger partial charge in [0.2, 0.25) is 0 Å². The lowest BCUT2D eigenvalue weighted by Gasteiger charge is -2.09. The molecule has 0 radical (unpaired) electrons. The number of pyridine rings is 1. The second-order valence-electron chi connectivity index (χ2n) is 4.36. The van der Waals surface area contributed by atoms with E-state index in [9.17, 15) is 0 Å². The van der Waals surface area contributed by atoms with Crippen LogP contribution in [-0.2, 0) is 6.42 Å². The number of fused-ring (bicyclic) bond motifs is 1. The summed E-state index contributed by atoms with van der Waals surface area (Å²) in [5, 5.41) is 4.44. The monoisotopic (exact) mass is 253 g/mol. The van der Waals surface area contributed by atoms with E-state index in [1.807, 2.05) is 36.4 Å². The van der Waals surface area contributed by atoms with E-state index in [1.165, 1.54) is 0 Å². The van der Waals surface area contributed by atoms with Gasteiger partial charge in [0.25, 0.3) is 0 Å². The van der Waals surface area contributed by atoms with Crippen molar-refractivity contribution in [2.24, 2.45) is 0 Å². The van der Waals surface area contributed by atoms with Gasteiger partial charge in [-0.2, -0.15) is 0 Å². The van der Waals surface area contributed by atoms with Gasteiger partial charge in [0.05, 0.1) is 17.5 Å². The highest BCUT2D eigenvalue weighted by Crippen LogP contribution is 2.25. The van der Waals surface area contributed by atoms with Gasteiger partial charge >= 0.3 is 0 Å². The van der Waals surface area contributed by atoms with Gasteiger partial charge in [-0.1, -0.05) is 12.1 Å². The van der Waals surface area contributed by atoms with Crippen molar-refractivity contribution in [1.29, 1.82) is 0 Å². The van der Waals surface area contributed by atoms with Crippen LogP contribution in [0.3, 0.4) is 0 Å². The van der Waals surface area contributed by atoms with Gasteiger partial charge in [0, 0.05) is 30.2 Å². The Hall–Kier alpha value is -2.49.